The summed E-state index contributed by atoms with van der Waals surface area (Å²) in [4.78, 5) is 10.9. The molecule has 102 valence electrons. The minimum atomic E-state index is 0.250. The zero-order valence-electron chi connectivity index (χ0n) is 11.4. The number of furan rings is 1. The quantitative estimate of drug-likeness (QED) is 0.779. The first-order valence-corrected chi connectivity index (χ1v) is 6.79. The molecule has 0 radical (unpaired) electrons. The highest BCUT2D eigenvalue weighted by molar-refractivity contribution is 6.29. The van der Waals surface area contributed by atoms with Crippen LogP contribution in [-0.4, -0.2) is 16.5 Å². The summed E-state index contributed by atoms with van der Waals surface area (Å²) in [6, 6.07) is 5.63. The van der Waals surface area contributed by atoms with Crippen LogP contribution in [0.1, 0.15) is 38.3 Å². The Labute approximate surface area is 118 Å². The number of rotatable bonds is 5. The summed E-state index contributed by atoms with van der Waals surface area (Å²) in [6.07, 6.45) is 1.68. The van der Waals surface area contributed by atoms with Crippen molar-refractivity contribution in [3.63, 3.8) is 0 Å². The van der Waals surface area contributed by atoms with Gasteiger partial charge in [0.25, 0.3) is 0 Å². The van der Waals surface area contributed by atoms with Crippen molar-refractivity contribution in [3.05, 3.63) is 41.2 Å². The van der Waals surface area contributed by atoms with Crippen LogP contribution in [0.5, 0.6) is 0 Å². The summed E-state index contributed by atoms with van der Waals surface area (Å²) < 4.78 is 5.38. The van der Waals surface area contributed by atoms with Gasteiger partial charge in [0, 0.05) is 18.5 Å². The molecule has 0 aliphatic rings. The van der Waals surface area contributed by atoms with Crippen molar-refractivity contribution in [3.8, 4) is 0 Å². The van der Waals surface area contributed by atoms with Gasteiger partial charge in [-0.15, -0.1) is 0 Å². The van der Waals surface area contributed by atoms with Crippen LogP contribution in [0.15, 0.2) is 28.9 Å². The Kier molecular flexibility index (Phi) is 4.43. The number of nitrogens with zero attached hydrogens (tertiary/aromatic N) is 3. The summed E-state index contributed by atoms with van der Waals surface area (Å²) in [5, 5.41) is 0.478. The molecule has 2 aromatic heterocycles. The number of hydrogen-bond acceptors (Lipinski definition) is 4. The molecule has 0 saturated carbocycles. The van der Waals surface area contributed by atoms with Crippen LogP contribution in [0.4, 0.5) is 5.82 Å². The van der Waals surface area contributed by atoms with E-state index in [1.165, 1.54) is 0 Å². The zero-order chi connectivity index (χ0) is 13.8. The average Bonchev–Trinajstić information content (AvgIpc) is 2.88. The van der Waals surface area contributed by atoms with Crippen LogP contribution in [0.3, 0.4) is 0 Å². The van der Waals surface area contributed by atoms with E-state index in [1.54, 1.807) is 12.3 Å². The van der Waals surface area contributed by atoms with Crippen LogP contribution in [0.25, 0.3) is 0 Å². The van der Waals surface area contributed by atoms with Crippen LogP contribution in [0, 0.1) is 0 Å². The molecule has 0 N–H and O–H groups in total. The van der Waals surface area contributed by atoms with E-state index < -0.39 is 0 Å². The molecule has 5 heteroatoms. The maximum atomic E-state index is 6.08. The van der Waals surface area contributed by atoms with Crippen molar-refractivity contribution < 1.29 is 4.42 Å². The van der Waals surface area contributed by atoms with Gasteiger partial charge in [-0.3, -0.25) is 0 Å². The zero-order valence-corrected chi connectivity index (χ0v) is 12.2. The van der Waals surface area contributed by atoms with Crippen LogP contribution in [-0.2, 0) is 6.54 Å². The molecule has 2 rings (SSSR count). The Hall–Kier alpha value is -1.55. The lowest BCUT2D eigenvalue weighted by Crippen LogP contribution is -2.23. The molecule has 0 saturated heterocycles. The maximum Gasteiger partial charge on any atom is 0.135 e. The van der Waals surface area contributed by atoms with Gasteiger partial charge < -0.3 is 9.32 Å². The highest BCUT2D eigenvalue weighted by Gasteiger charge is 2.13. The summed E-state index contributed by atoms with van der Waals surface area (Å²) in [7, 11) is 0. The summed E-state index contributed by atoms with van der Waals surface area (Å²) in [5.41, 5.74) is 0. The lowest BCUT2D eigenvalue weighted by Gasteiger charge is -2.21. The average molecular weight is 280 g/mol. The standard InChI is InChI=1S/C14H18ClN3O/c1-4-18(9-11-6-5-7-19-11)13-8-12(15)16-14(17-13)10(2)3/h5-8,10H,4,9H2,1-3H3. The number of hydrogen-bond donors (Lipinski definition) is 0. The van der Waals surface area contributed by atoms with E-state index in [-0.39, 0.29) is 5.92 Å². The van der Waals surface area contributed by atoms with Gasteiger partial charge >= 0.3 is 0 Å². The topological polar surface area (TPSA) is 42.2 Å². The van der Waals surface area contributed by atoms with Crippen LogP contribution >= 0.6 is 11.6 Å². The second-order valence-electron chi connectivity index (χ2n) is 4.66. The molecule has 0 unspecified atom stereocenters. The maximum absolute atomic E-state index is 6.08. The Bertz CT molecular complexity index is 525. The highest BCUT2D eigenvalue weighted by atomic mass is 35.5. The molecule has 2 heterocycles. The van der Waals surface area contributed by atoms with Crippen molar-refractivity contribution in [2.75, 3.05) is 11.4 Å². The molecule has 0 bridgehead atoms. The van der Waals surface area contributed by atoms with Crippen molar-refractivity contribution in [1.29, 1.82) is 0 Å². The van der Waals surface area contributed by atoms with Gasteiger partial charge in [0.2, 0.25) is 0 Å². The minimum Gasteiger partial charge on any atom is -0.467 e. The molecule has 0 amide bonds. The Morgan fingerprint density at radius 2 is 2.16 bits per heavy atom. The van der Waals surface area contributed by atoms with Crippen LogP contribution in [0.2, 0.25) is 5.15 Å². The third-order valence-electron chi connectivity index (χ3n) is 2.85. The molecule has 19 heavy (non-hydrogen) atoms. The van der Waals surface area contributed by atoms with E-state index in [0.717, 1.165) is 23.9 Å². The van der Waals surface area contributed by atoms with Crippen molar-refractivity contribution in [2.24, 2.45) is 0 Å². The lowest BCUT2D eigenvalue weighted by atomic mass is 10.2. The van der Waals surface area contributed by atoms with E-state index in [2.05, 4.69) is 35.6 Å². The monoisotopic (exact) mass is 279 g/mol. The van der Waals surface area contributed by atoms with Gasteiger partial charge in [-0.05, 0) is 19.1 Å². The van der Waals surface area contributed by atoms with E-state index in [0.29, 0.717) is 11.7 Å². The molecule has 4 nitrogen and oxygen atoms in total. The Morgan fingerprint density at radius 3 is 2.74 bits per heavy atom. The first kappa shape index (κ1) is 13.9. The largest absolute Gasteiger partial charge is 0.467 e. The second kappa shape index (κ2) is 6.06. The van der Waals surface area contributed by atoms with Gasteiger partial charge in [-0.2, -0.15) is 0 Å². The van der Waals surface area contributed by atoms with Gasteiger partial charge in [-0.25, -0.2) is 9.97 Å². The molecular weight excluding hydrogens is 262 g/mol. The molecule has 2 aromatic rings. The molecular formula is C14H18ClN3O. The third-order valence-corrected chi connectivity index (χ3v) is 3.04. The van der Waals surface area contributed by atoms with E-state index in [1.807, 2.05) is 12.1 Å². The molecule has 0 atom stereocenters. The summed E-state index contributed by atoms with van der Waals surface area (Å²) >= 11 is 6.08. The fourth-order valence-corrected chi connectivity index (χ4v) is 1.97. The number of aromatic nitrogens is 2. The number of anilines is 1. The van der Waals surface area contributed by atoms with Gasteiger partial charge in [0.1, 0.15) is 22.6 Å². The lowest BCUT2D eigenvalue weighted by molar-refractivity contribution is 0.502. The summed E-state index contributed by atoms with van der Waals surface area (Å²) in [5.74, 6) is 2.76. The van der Waals surface area contributed by atoms with Gasteiger partial charge in [-0.1, -0.05) is 25.4 Å². The predicted octanol–water partition coefficient (Wildman–Crippen LogP) is 3.87. The van der Waals surface area contributed by atoms with Gasteiger partial charge in [0.05, 0.1) is 12.8 Å². The van der Waals surface area contributed by atoms with E-state index in [4.69, 9.17) is 16.0 Å². The fourth-order valence-electron chi connectivity index (χ4n) is 1.79. The second-order valence-corrected chi connectivity index (χ2v) is 5.04. The molecule has 0 aliphatic carbocycles. The van der Waals surface area contributed by atoms with Gasteiger partial charge in [0.15, 0.2) is 0 Å². The minimum absolute atomic E-state index is 0.250. The first-order chi connectivity index (χ1) is 9.10. The van der Waals surface area contributed by atoms with Crippen molar-refractivity contribution in [1.82, 2.24) is 9.97 Å². The Morgan fingerprint density at radius 1 is 1.37 bits per heavy atom. The van der Waals surface area contributed by atoms with E-state index in [9.17, 15) is 0 Å². The van der Waals surface area contributed by atoms with Crippen LogP contribution < -0.4 is 4.90 Å². The SMILES string of the molecule is CCN(Cc1ccco1)c1cc(Cl)nc(C(C)C)n1. The smallest absolute Gasteiger partial charge is 0.135 e. The first-order valence-electron chi connectivity index (χ1n) is 6.42. The molecule has 0 aliphatic heterocycles. The Balaban J connectivity index is 2.27. The predicted molar refractivity (Wildman–Crippen MR) is 76.6 cm³/mol. The third kappa shape index (κ3) is 3.47. The molecule has 0 fully saturated rings. The fraction of sp³-hybridized carbons (Fsp3) is 0.429. The van der Waals surface area contributed by atoms with Crippen molar-refractivity contribution in [2.45, 2.75) is 33.2 Å². The van der Waals surface area contributed by atoms with Crippen molar-refractivity contribution >= 4 is 17.4 Å². The molecule has 0 spiro atoms. The van der Waals surface area contributed by atoms with E-state index >= 15 is 0 Å². The highest BCUT2D eigenvalue weighted by Crippen LogP contribution is 2.21. The normalized spacial score (nSPS) is 11.0. The molecule has 0 aromatic carbocycles. The summed E-state index contributed by atoms with van der Waals surface area (Å²) in [6.45, 7) is 7.68. The number of halogens is 1.